The smallest absolute Gasteiger partial charge is 0.342 e. The second kappa shape index (κ2) is 7.25. The highest BCUT2D eigenvalue weighted by Crippen LogP contribution is 2.24. The standard InChI is InChI=1S/C17H20N2O6/c1-17(2,3)13-8-15(25-19-13)18-14(21)9-24-16(22)11-7-10(23-4)5-6-12(11)20/h5-8,20H,9H2,1-4H3,(H,18,21). The molecule has 0 aliphatic rings. The number of phenols is 1. The second-order valence-electron chi connectivity index (χ2n) is 6.33. The van der Waals surface area contributed by atoms with Crippen LogP contribution in [-0.4, -0.2) is 35.9 Å². The van der Waals surface area contributed by atoms with Crippen LogP contribution >= 0.6 is 0 Å². The molecule has 0 saturated carbocycles. The molecule has 1 amide bonds. The number of phenolic OH excluding ortho intramolecular Hbond substituents is 1. The molecular weight excluding hydrogens is 328 g/mol. The zero-order valence-corrected chi connectivity index (χ0v) is 14.5. The monoisotopic (exact) mass is 348 g/mol. The van der Waals surface area contributed by atoms with Crippen molar-refractivity contribution in [2.75, 3.05) is 19.0 Å². The fraction of sp³-hybridized carbons (Fsp3) is 0.353. The van der Waals surface area contributed by atoms with Crippen LogP contribution < -0.4 is 10.1 Å². The van der Waals surface area contributed by atoms with Gasteiger partial charge in [0.05, 0.1) is 12.8 Å². The molecule has 8 heteroatoms. The molecule has 2 aromatic rings. The van der Waals surface area contributed by atoms with Gasteiger partial charge in [-0.05, 0) is 18.2 Å². The van der Waals surface area contributed by atoms with E-state index in [-0.39, 0.29) is 22.6 Å². The minimum atomic E-state index is -0.848. The molecule has 0 fully saturated rings. The normalized spacial score (nSPS) is 11.0. The largest absolute Gasteiger partial charge is 0.507 e. The maximum Gasteiger partial charge on any atom is 0.342 e. The summed E-state index contributed by atoms with van der Waals surface area (Å²) in [4.78, 5) is 23.8. The van der Waals surface area contributed by atoms with Gasteiger partial charge in [0.1, 0.15) is 17.1 Å². The average molecular weight is 348 g/mol. The van der Waals surface area contributed by atoms with Crippen LogP contribution in [-0.2, 0) is 14.9 Å². The van der Waals surface area contributed by atoms with Gasteiger partial charge >= 0.3 is 5.97 Å². The first-order valence-electron chi connectivity index (χ1n) is 7.52. The Bertz CT molecular complexity index is 776. The van der Waals surface area contributed by atoms with Gasteiger partial charge in [0, 0.05) is 11.5 Å². The summed E-state index contributed by atoms with van der Waals surface area (Å²) in [6.07, 6.45) is 0. The minimum Gasteiger partial charge on any atom is -0.507 e. The van der Waals surface area contributed by atoms with E-state index in [1.54, 1.807) is 6.07 Å². The molecule has 0 unspecified atom stereocenters. The van der Waals surface area contributed by atoms with Gasteiger partial charge in [-0.2, -0.15) is 0 Å². The van der Waals surface area contributed by atoms with Gasteiger partial charge in [0.15, 0.2) is 6.61 Å². The number of methoxy groups -OCH3 is 1. The number of rotatable bonds is 5. The van der Waals surface area contributed by atoms with Crippen molar-refractivity contribution in [2.45, 2.75) is 26.2 Å². The molecule has 25 heavy (non-hydrogen) atoms. The third kappa shape index (κ3) is 4.72. The highest BCUT2D eigenvalue weighted by atomic mass is 16.5. The number of benzene rings is 1. The van der Waals surface area contributed by atoms with Gasteiger partial charge in [-0.3, -0.25) is 10.1 Å². The van der Waals surface area contributed by atoms with Crippen molar-refractivity contribution >= 4 is 17.8 Å². The van der Waals surface area contributed by atoms with E-state index in [0.717, 1.165) is 0 Å². The highest BCUT2D eigenvalue weighted by molar-refractivity contribution is 5.96. The molecule has 0 saturated heterocycles. The maximum atomic E-state index is 12.0. The molecule has 0 atom stereocenters. The molecular formula is C17H20N2O6. The van der Waals surface area contributed by atoms with Crippen LogP contribution in [0.1, 0.15) is 36.8 Å². The van der Waals surface area contributed by atoms with E-state index in [9.17, 15) is 14.7 Å². The zero-order valence-electron chi connectivity index (χ0n) is 14.5. The predicted molar refractivity (Wildman–Crippen MR) is 88.8 cm³/mol. The summed E-state index contributed by atoms with van der Waals surface area (Å²) < 4.78 is 14.9. The van der Waals surface area contributed by atoms with Crippen LogP contribution in [0.15, 0.2) is 28.8 Å². The Morgan fingerprint density at radius 1 is 1.28 bits per heavy atom. The lowest BCUT2D eigenvalue weighted by Crippen LogP contribution is -2.20. The summed E-state index contributed by atoms with van der Waals surface area (Å²) >= 11 is 0. The van der Waals surface area contributed by atoms with E-state index in [1.165, 1.54) is 25.3 Å². The van der Waals surface area contributed by atoms with E-state index in [0.29, 0.717) is 11.4 Å². The molecule has 2 rings (SSSR count). The number of ether oxygens (including phenoxy) is 2. The number of hydrogen-bond acceptors (Lipinski definition) is 7. The van der Waals surface area contributed by atoms with Gasteiger partial charge in [0.25, 0.3) is 5.91 Å². The van der Waals surface area contributed by atoms with Crippen LogP contribution in [0.25, 0.3) is 0 Å². The summed E-state index contributed by atoms with van der Waals surface area (Å²) in [7, 11) is 1.43. The lowest BCUT2D eigenvalue weighted by Gasteiger charge is -2.12. The molecule has 134 valence electrons. The molecule has 8 nitrogen and oxygen atoms in total. The van der Waals surface area contributed by atoms with E-state index in [4.69, 9.17) is 14.0 Å². The Morgan fingerprint density at radius 2 is 2.00 bits per heavy atom. The van der Waals surface area contributed by atoms with E-state index in [1.807, 2.05) is 20.8 Å². The summed E-state index contributed by atoms with van der Waals surface area (Å²) in [5.41, 5.74) is 0.367. The lowest BCUT2D eigenvalue weighted by molar-refractivity contribution is -0.119. The number of hydrogen-bond donors (Lipinski definition) is 2. The Kier molecular flexibility index (Phi) is 5.31. The zero-order chi connectivity index (χ0) is 18.6. The first-order chi connectivity index (χ1) is 11.7. The predicted octanol–water partition coefficient (Wildman–Crippen LogP) is 2.48. The molecule has 1 aromatic carbocycles. The van der Waals surface area contributed by atoms with Crippen LogP contribution in [0.5, 0.6) is 11.5 Å². The van der Waals surface area contributed by atoms with Gasteiger partial charge < -0.3 is 19.1 Å². The summed E-state index contributed by atoms with van der Waals surface area (Å²) in [6, 6.07) is 5.73. The van der Waals surface area contributed by atoms with Crippen molar-refractivity contribution in [1.82, 2.24) is 5.16 Å². The number of nitrogens with zero attached hydrogens (tertiary/aromatic N) is 1. The number of anilines is 1. The second-order valence-corrected chi connectivity index (χ2v) is 6.33. The molecule has 0 radical (unpaired) electrons. The minimum absolute atomic E-state index is 0.0955. The fourth-order valence-electron chi connectivity index (χ4n) is 1.88. The number of esters is 1. The number of carbonyl (C=O) groups is 2. The van der Waals surface area contributed by atoms with E-state index >= 15 is 0 Å². The third-order valence-corrected chi connectivity index (χ3v) is 3.30. The van der Waals surface area contributed by atoms with Crippen LogP contribution in [0.4, 0.5) is 5.88 Å². The van der Waals surface area contributed by atoms with Gasteiger partial charge in [0.2, 0.25) is 5.88 Å². The molecule has 0 aliphatic carbocycles. The Hall–Kier alpha value is -3.03. The summed E-state index contributed by atoms with van der Waals surface area (Å²) in [6.45, 7) is 5.33. The summed E-state index contributed by atoms with van der Waals surface area (Å²) in [5.74, 6) is -1.16. The number of aromatic hydroxyl groups is 1. The number of carbonyl (C=O) groups excluding carboxylic acids is 2. The Balaban J connectivity index is 1.94. The van der Waals surface area contributed by atoms with E-state index < -0.39 is 18.5 Å². The Labute approximate surface area is 144 Å². The van der Waals surface area contributed by atoms with Crippen molar-refractivity contribution in [3.8, 4) is 11.5 Å². The van der Waals surface area contributed by atoms with Crippen LogP contribution in [0, 0.1) is 0 Å². The SMILES string of the molecule is COc1ccc(O)c(C(=O)OCC(=O)Nc2cc(C(C)(C)C)no2)c1. The van der Waals surface area contributed by atoms with Gasteiger partial charge in [-0.1, -0.05) is 25.9 Å². The fourth-order valence-corrected chi connectivity index (χ4v) is 1.88. The highest BCUT2D eigenvalue weighted by Gasteiger charge is 2.20. The molecule has 0 aliphatic heterocycles. The third-order valence-electron chi connectivity index (χ3n) is 3.30. The Morgan fingerprint density at radius 3 is 2.60 bits per heavy atom. The first kappa shape index (κ1) is 18.3. The van der Waals surface area contributed by atoms with Crippen molar-refractivity contribution in [3.63, 3.8) is 0 Å². The topological polar surface area (TPSA) is 111 Å². The molecule has 1 aromatic heterocycles. The van der Waals surface area contributed by atoms with Crippen molar-refractivity contribution < 1.29 is 28.7 Å². The molecule has 1 heterocycles. The van der Waals surface area contributed by atoms with Gasteiger partial charge in [-0.15, -0.1) is 0 Å². The first-order valence-corrected chi connectivity index (χ1v) is 7.52. The average Bonchev–Trinajstić information content (AvgIpc) is 3.02. The van der Waals surface area contributed by atoms with Gasteiger partial charge in [-0.25, -0.2) is 4.79 Å². The van der Waals surface area contributed by atoms with E-state index in [2.05, 4.69) is 10.5 Å². The molecule has 0 bridgehead atoms. The number of amides is 1. The van der Waals surface area contributed by atoms with Crippen LogP contribution in [0.2, 0.25) is 0 Å². The van der Waals surface area contributed by atoms with Crippen molar-refractivity contribution in [1.29, 1.82) is 0 Å². The maximum absolute atomic E-state index is 12.0. The van der Waals surface area contributed by atoms with Crippen molar-refractivity contribution in [3.05, 3.63) is 35.5 Å². The van der Waals surface area contributed by atoms with Crippen LogP contribution in [0.3, 0.4) is 0 Å². The van der Waals surface area contributed by atoms with Crippen molar-refractivity contribution in [2.24, 2.45) is 0 Å². The summed E-state index contributed by atoms with van der Waals surface area (Å²) in [5, 5.41) is 16.0. The lowest BCUT2D eigenvalue weighted by atomic mass is 9.92. The quantitative estimate of drug-likeness (QED) is 0.799. The number of nitrogens with one attached hydrogen (secondary N) is 1. The molecule has 0 spiro atoms. The molecule has 2 N–H and O–H groups in total. The number of aromatic nitrogens is 1.